The molecular formula is C18H17N5OS. The van der Waals surface area contributed by atoms with Gasteiger partial charge >= 0.3 is 0 Å². The Morgan fingerprint density at radius 2 is 2.04 bits per heavy atom. The molecule has 0 unspecified atom stereocenters. The van der Waals surface area contributed by atoms with Gasteiger partial charge in [-0.05, 0) is 43.7 Å². The molecule has 0 fully saturated rings. The first kappa shape index (κ1) is 14.8. The minimum absolute atomic E-state index is 0.173. The zero-order valence-corrected chi connectivity index (χ0v) is 14.8. The maximum atomic E-state index is 5.95. The van der Waals surface area contributed by atoms with E-state index in [-0.39, 0.29) is 5.60 Å². The van der Waals surface area contributed by atoms with Gasteiger partial charge in [-0.1, -0.05) is 0 Å². The lowest BCUT2D eigenvalue weighted by molar-refractivity contribution is -0.0379. The van der Waals surface area contributed by atoms with Crippen LogP contribution in [0.25, 0.3) is 27.3 Å². The lowest BCUT2D eigenvalue weighted by atomic mass is 9.94. The van der Waals surface area contributed by atoms with Gasteiger partial charge < -0.3 is 10.5 Å². The van der Waals surface area contributed by atoms with Crippen molar-refractivity contribution in [2.45, 2.75) is 32.5 Å². The normalized spacial score (nSPS) is 16.4. The Morgan fingerprint density at radius 3 is 2.84 bits per heavy atom. The number of rotatable bonds is 1. The molecule has 6 nitrogen and oxygen atoms in total. The second kappa shape index (κ2) is 5.00. The van der Waals surface area contributed by atoms with Crippen LogP contribution in [-0.4, -0.2) is 25.2 Å². The molecule has 1 aliphatic heterocycles. The highest BCUT2D eigenvalue weighted by molar-refractivity contribution is 7.19. The van der Waals surface area contributed by atoms with Crippen molar-refractivity contribution in [2.75, 3.05) is 5.73 Å². The first-order valence-electron chi connectivity index (χ1n) is 8.16. The van der Waals surface area contributed by atoms with Crippen LogP contribution in [0.1, 0.15) is 24.3 Å². The van der Waals surface area contributed by atoms with E-state index < -0.39 is 0 Å². The summed E-state index contributed by atoms with van der Waals surface area (Å²) in [7, 11) is 0. The molecule has 3 aromatic heterocycles. The van der Waals surface area contributed by atoms with Gasteiger partial charge in [0.25, 0.3) is 0 Å². The predicted octanol–water partition coefficient (Wildman–Crippen LogP) is 3.44. The van der Waals surface area contributed by atoms with Crippen molar-refractivity contribution >= 4 is 32.9 Å². The zero-order chi connectivity index (χ0) is 17.2. The summed E-state index contributed by atoms with van der Waals surface area (Å²) in [5.74, 6) is 0.681. The largest absolute Gasteiger partial charge is 0.399 e. The Balaban J connectivity index is 1.75. The van der Waals surface area contributed by atoms with Crippen LogP contribution in [0.2, 0.25) is 0 Å². The van der Waals surface area contributed by atoms with Gasteiger partial charge in [0.05, 0.1) is 17.6 Å². The number of nitrogens with two attached hydrogens (primary N) is 1. The van der Waals surface area contributed by atoms with Gasteiger partial charge in [-0.3, -0.25) is 0 Å². The van der Waals surface area contributed by atoms with E-state index in [1.165, 1.54) is 10.4 Å². The molecular weight excluding hydrogens is 334 g/mol. The molecule has 4 heterocycles. The van der Waals surface area contributed by atoms with E-state index in [0.717, 1.165) is 33.5 Å². The molecule has 0 amide bonds. The standard InChI is InChI=1S/C18H17N5OS/c1-18(2)7-12-13(8-24-18)25-17-14(12)16-21-15(22-23(16)9-20-17)10-3-5-11(19)6-4-10/h3-6,9H,7-8,19H2,1-2H3. The number of benzene rings is 1. The Morgan fingerprint density at radius 1 is 1.24 bits per heavy atom. The molecule has 2 N–H and O–H groups in total. The number of aromatic nitrogens is 4. The smallest absolute Gasteiger partial charge is 0.182 e. The summed E-state index contributed by atoms with van der Waals surface area (Å²) in [5.41, 5.74) is 9.42. The van der Waals surface area contributed by atoms with Gasteiger partial charge in [-0.2, -0.15) is 0 Å². The molecule has 25 heavy (non-hydrogen) atoms. The van der Waals surface area contributed by atoms with Gasteiger partial charge in [0.2, 0.25) is 0 Å². The van der Waals surface area contributed by atoms with Gasteiger partial charge in [-0.15, -0.1) is 16.4 Å². The average Bonchev–Trinajstić information content (AvgIpc) is 3.15. The maximum Gasteiger partial charge on any atom is 0.182 e. The summed E-state index contributed by atoms with van der Waals surface area (Å²) in [4.78, 5) is 11.6. The molecule has 0 radical (unpaired) electrons. The van der Waals surface area contributed by atoms with E-state index in [1.54, 1.807) is 22.2 Å². The number of nitrogens with zero attached hydrogens (tertiary/aromatic N) is 4. The van der Waals surface area contributed by atoms with Gasteiger partial charge in [0.1, 0.15) is 11.2 Å². The van der Waals surface area contributed by atoms with Crippen LogP contribution in [0.4, 0.5) is 5.69 Å². The summed E-state index contributed by atoms with van der Waals surface area (Å²) < 4.78 is 7.71. The molecule has 5 rings (SSSR count). The van der Waals surface area contributed by atoms with E-state index in [9.17, 15) is 0 Å². The molecule has 0 bridgehead atoms. The van der Waals surface area contributed by atoms with Crippen LogP contribution in [0.5, 0.6) is 0 Å². The molecule has 0 aliphatic carbocycles. The molecule has 0 atom stereocenters. The number of fused-ring (bicyclic) bond motifs is 5. The molecule has 1 aliphatic rings. The minimum Gasteiger partial charge on any atom is -0.399 e. The highest BCUT2D eigenvalue weighted by Crippen LogP contribution is 2.39. The monoisotopic (exact) mass is 351 g/mol. The topological polar surface area (TPSA) is 78.3 Å². The predicted molar refractivity (Wildman–Crippen MR) is 98.6 cm³/mol. The van der Waals surface area contributed by atoms with E-state index >= 15 is 0 Å². The first-order chi connectivity index (χ1) is 12.0. The fraction of sp³-hybridized carbons (Fsp3) is 0.278. The quantitative estimate of drug-likeness (QED) is 0.532. The van der Waals surface area contributed by atoms with Crippen molar-refractivity contribution in [3.63, 3.8) is 0 Å². The Hall–Kier alpha value is -2.51. The highest BCUT2D eigenvalue weighted by Gasteiger charge is 2.30. The lowest BCUT2D eigenvalue weighted by Gasteiger charge is -2.30. The molecule has 0 saturated carbocycles. The molecule has 0 saturated heterocycles. The van der Waals surface area contributed by atoms with Crippen LogP contribution < -0.4 is 5.73 Å². The highest BCUT2D eigenvalue weighted by atomic mass is 32.1. The van der Waals surface area contributed by atoms with Crippen molar-refractivity contribution < 1.29 is 4.74 Å². The third-order valence-corrected chi connectivity index (χ3v) is 5.69. The van der Waals surface area contributed by atoms with Crippen LogP contribution >= 0.6 is 11.3 Å². The maximum absolute atomic E-state index is 5.95. The van der Waals surface area contributed by atoms with Crippen LogP contribution in [0.15, 0.2) is 30.6 Å². The third kappa shape index (κ3) is 2.31. The van der Waals surface area contributed by atoms with Crippen molar-refractivity contribution in [2.24, 2.45) is 0 Å². The molecule has 7 heteroatoms. The summed E-state index contributed by atoms with van der Waals surface area (Å²) in [5, 5.41) is 5.71. The van der Waals surface area contributed by atoms with Gasteiger partial charge in [-0.25, -0.2) is 14.5 Å². The number of anilines is 1. The fourth-order valence-corrected chi connectivity index (χ4v) is 4.36. The van der Waals surface area contributed by atoms with E-state index in [0.29, 0.717) is 12.4 Å². The minimum atomic E-state index is -0.173. The van der Waals surface area contributed by atoms with Crippen molar-refractivity contribution in [1.29, 1.82) is 0 Å². The third-order valence-electron chi connectivity index (χ3n) is 4.58. The van der Waals surface area contributed by atoms with Crippen molar-refractivity contribution in [1.82, 2.24) is 19.6 Å². The Bertz CT molecular complexity index is 1110. The average molecular weight is 351 g/mol. The second-order valence-electron chi connectivity index (χ2n) is 6.98. The molecule has 4 aromatic rings. The van der Waals surface area contributed by atoms with Crippen molar-refractivity contribution in [3.8, 4) is 11.4 Å². The number of thiophene rings is 1. The first-order valence-corrected chi connectivity index (χ1v) is 8.97. The molecule has 1 aromatic carbocycles. The summed E-state index contributed by atoms with van der Waals surface area (Å²) in [6, 6.07) is 7.60. The van der Waals surface area contributed by atoms with Crippen LogP contribution in [0.3, 0.4) is 0 Å². The number of hydrogen-bond donors (Lipinski definition) is 1. The van der Waals surface area contributed by atoms with Gasteiger partial charge in [0, 0.05) is 22.5 Å². The van der Waals surface area contributed by atoms with E-state index in [1.807, 2.05) is 24.3 Å². The number of hydrogen-bond acceptors (Lipinski definition) is 6. The Kier molecular flexibility index (Phi) is 2.96. The molecule has 126 valence electrons. The number of ether oxygens (including phenoxy) is 1. The molecule has 0 spiro atoms. The Labute approximate surface area is 148 Å². The lowest BCUT2D eigenvalue weighted by Crippen LogP contribution is -2.31. The number of nitrogen functional groups attached to an aromatic ring is 1. The van der Waals surface area contributed by atoms with Crippen LogP contribution in [-0.2, 0) is 17.8 Å². The summed E-state index contributed by atoms with van der Waals surface area (Å²) >= 11 is 1.69. The fourth-order valence-electron chi connectivity index (χ4n) is 3.30. The SMILES string of the molecule is CC1(C)Cc2c(sc3ncn4nc(-c5ccc(N)cc5)nc4c23)CO1. The van der Waals surface area contributed by atoms with Crippen LogP contribution in [0, 0.1) is 0 Å². The van der Waals surface area contributed by atoms with E-state index in [4.69, 9.17) is 15.5 Å². The second-order valence-corrected chi connectivity index (χ2v) is 8.06. The van der Waals surface area contributed by atoms with Crippen molar-refractivity contribution in [3.05, 3.63) is 41.0 Å². The van der Waals surface area contributed by atoms with E-state index in [2.05, 4.69) is 23.9 Å². The summed E-state index contributed by atoms with van der Waals surface area (Å²) in [6.45, 7) is 4.88. The zero-order valence-electron chi connectivity index (χ0n) is 14.0. The summed E-state index contributed by atoms with van der Waals surface area (Å²) in [6.07, 6.45) is 2.59. The van der Waals surface area contributed by atoms with Gasteiger partial charge in [0.15, 0.2) is 11.5 Å².